The van der Waals surface area contributed by atoms with Crippen LogP contribution in [0.15, 0.2) is 24.5 Å². The van der Waals surface area contributed by atoms with E-state index in [9.17, 15) is 10.4 Å². The Kier molecular flexibility index (Phi) is 3.41. The Morgan fingerprint density at radius 3 is 2.28 bits per heavy atom. The zero-order chi connectivity index (χ0) is 13.2. The Bertz CT molecular complexity index is 437. The van der Waals surface area contributed by atoms with Crippen LogP contribution in [0.4, 0.5) is 0 Å². The highest BCUT2D eigenvalue weighted by atomic mass is 16.3. The molecular weight excluding hydrogens is 224 g/mol. The second-order valence-corrected chi connectivity index (χ2v) is 6.12. The molecule has 1 atom stereocenters. The van der Waals surface area contributed by atoms with Gasteiger partial charge in [-0.2, -0.15) is 5.26 Å². The molecule has 1 fully saturated rings. The molecule has 18 heavy (non-hydrogen) atoms. The maximum atomic E-state index is 10.5. The fourth-order valence-electron chi connectivity index (χ4n) is 2.68. The Labute approximate surface area is 108 Å². The quantitative estimate of drug-likeness (QED) is 0.869. The van der Waals surface area contributed by atoms with E-state index in [1.165, 1.54) is 0 Å². The van der Waals surface area contributed by atoms with Crippen molar-refractivity contribution in [1.29, 1.82) is 5.26 Å². The molecule has 0 amide bonds. The lowest BCUT2D eigenvalue weighted by Gasteiger charge is -2.41. The van der Waals surface area contributed by atoms with Crippen molar-refractivity contribution in [2.45, 2.75) is 45.6 Å². The van der Waals surface area contributed by atoms with Gasteiger partial charge in [-0.25, -0.2) is 0 Å². The SMILES string of the molecule is CC1(C)CCC(C#N)(C(O)c2ccncc2)CC1. The number of aliphatic hydroxyl groups is 1. The molecule has 1 aromatic heterocycles. The summed E-state index contributed by atoms with van der Waals surface area (Å²) in [7, 11) is 0. The van der Waals surface area contributed by atoms with Crippen LogP contribution in [0.25, 0.3) is 0 Å². The van der Waals surface area contributed by atoms with Crippen LogP contribution >= 0.6 is 0 Å². The third kappa shape index (κ3) is 2.39. The predicted molar refractivity (Wildman–Crippen MR) is 69.5 cm³/mol. The normalized spacial score (nSPS) is 23.0. The maximum absolute atomic E-state index is 10.5. The van der Waals surface area contributed by atoms with Crippen molar-refractivity contribution in [3.05, 3.63) is 30.1 Å². The molecule has 1 unspecified atom stereocenters. The number of nitriles is 1. The van der Waals surface area contributed by atoms with Crippen molar-refractivity contribution >= 4 is 0 Å². The summed E-state index contributed by atoms with van der Waals surface area (Å²) in [4.78, 5) is 3.95. The fourth-order valence-corrected chi connectivity index (χ4v) is 2.68. The number of pyridine rings is 1. The molecule has 1 N–H and O–H groups in total. The molecule has 3 heteroatoms. The number of nitrogens with zero attached hydrogens (tertiary/aromatic N) is 2. The van der Waals surface area contributed by atoms with Crippen LogP contribution in [0.2, 0.25) is 0 Å². The van der Waals surface area contributed by atoms with Gasteiger partial charge in [-0.3, -0.25) is 4.98 Å². The predicted octanol–water partition coefficient (Wildman–Crippen LogP) is 3.23. The average molecular weight is 244 g/mol. The largest absolute Gasteiger partial charge is 0.387 e. The topological polar surface area (TPSA) is 56.9 Å². The standard InChI is InChI=1S/C15H20N2O/c1-14(2)5-7-15(11-16,8-6-14)13(18)12-3-9-17-10-4-12/h3-4,9-10,13,18H,5-8H2,1-2H3. The van der Waals surface area contributed by atoms with E-state index >= 15 is 0 Å². The number of hydrogen-bond donors (Lipinski definition) is 1. The van der Waals surface area contributed by atoms with Gasteiger partial charge in [0, 0.05) is 12.4 Å². The molecule has 0 bridgehead atoms. The van der Waals surface area contributed by atoms with Crippen molar-refractivity contribution in [2.24, 2.45) is 10.8 Å². The van der Waals surface area contributed by atoms with E-state index < -0.39 is 11.5 Å². The lowest BCUT2D eigenvalue weighted by Crippen LogP contribution is -2.35. The summed E-state index contributed by atoms with van der Waals surface area (Å²) in [5, 5.41) is 20.0. The van der Waals surface area contributed by atoms with E-state index in [4.69, 9.17) is 0 Å². The summed E-state index contributed by atoms with van der Waals surface area (Å²) < 4.78 is 0. The first-order chi connectivity index (χ1) is 8.49. The lowest BCUT2D eigenvalue weighted by atomic mass is 9.62. The van der Waals surface area contributed by atoms with Crippen molar-refractivity contribution in [2.75, 3.05) is 0 Å². The smallest absolute Gasteiger partial charge is 0.0977 e. The van der Waals surface area contributed by atoms with Crippen molar-refractivity contribution in [1.82, 2.24) is 4.98 Å². The van der Waals surface area contributed by atoms with Crippen molar-refractivity contribution in [3.63, 3.8) is 0 Å². The summed E-state index contributed by atoms with van der Waals surface area (Å²) in [6.45, 7) is 4.46. The van der Waals surface area contributed by atoms with Gasteiger partial charge >= 0.3 is 0 Å². The first kappa shape index (κ1) is 13.0. The van der Waals surface area contributed by atoms with E-state index in [2.05, 4.69) is 24.9 Å². The second-order valence-electron chi connectivity index (χ2n) is 6.12. The van der Waals surface area contributed by atoms with Gasteiger partial charge in [0.05, 0.1) is 17.6 Å². The van der Waals surface area contributed by atoms with Crippen LogP contribution in [0.3, 0.4) is 0 Å². The number of hydrogen-bond acceptors (Lipinski definition) is 3. The van der Waals surface area contributed by atoms with Gasteiger partial charge < -0.3 is 5.11 Å². The molecule has 0 aliphatic heterocycles. The molecule has 1 aromatic rings. The highest BCUT2D eigenvalue weighted by Crippen LogP contribution is 2.50. The van der Waals surface area contributed by atoms with Gasteiger partial charge in [0.1, 0.15) is 0 Å². The van der Waals surface area contributed by atoms with E-state index in [1.54, 1.807) is 24.5 Å². The highest BCUT2D eigenvalue weighted by molar-refractivity contribution is 5.21. The van der Waals surface area contributed by atoms with Gasteiger partial charge in [0.15, 0.2) is 0 Å². The van der Waals surface area contributed by atoms with Crippen LogP contribution in [-0.2, 0) is 0 Å². The second kappa shape index (κ2) is 4.70. The van der Waals surface area contributed by atoms with Crippen LogP contribution < -0.4 is 0 Å². The zero-order valence-corrected chi connectivity index (χ0v) is 11.1. The van der Waals surface area contributed by atoms with Gasteiger partial charge in [0.2, 0.25) is 0 Å². The number of aromatic nitrogens is 1. The summed E-state index contributed by atoms with van der Waals surface area (Å²) in [6, 6.07) is 5.97. The number of aliphatic hydroxyl groups excluding tert-OH is 1. The molecule has 0 aromatic carbocycles. The minimum Gasteiger partial charge on any atom is -0.387 e. The van der Waals surface area contributed by atoms with Gasteiger partial charge in [-0.05, 0) is 48.8 Å². The molecule has 0 spiro atoms. The van der Waals surface area contributed by atoms with E-state index in [-0.39, 0.29) is 5.41 Å². The first-order valence-electron chi connectivity index (χ1n) is 6.48. The Hall–Kier alpha value is -1.40. The monoisotopic (exact) mass is 244 g/mol. The van der Waals surface area contributed by atoms with Crippen molar-refractivity contribution < 1.29 is 5.11 Å². The number of rotatable bonds is 2. The summed E-state index contributed by atoms with van der Waals surface area (Å²) in [6.07, 6.45) is 6.12. The summed E-state index contributed by atoms with van der Waals surface area (Å²) in [5.74, 6) is 0. The van der Waals surface area contributed by atoms with E-state index in [1.807, 2.05) is 0 Å². The molecule has 2 rings (SSSR count). The minimum absolute atomic E-state index is 0.290. The summed E-state index contributed by atoms with van der Waals surface area (Å²) >= 11 is 0. The van der Waals surface area contributed by atoms with E-state index in [0.29, 0.717) is 0 Å². The van der Waals surface area contributed by atoms with Gasteiger partial charge in [0.25, 0.3) is 0 Å². The molecule has 1 aliphatic carbocycles. The molecule has 0 radical (unpaired) electrons. The van der Waals surface area contributed by atoms with Crippen LogP contribution in [-0.4, -0.2) is 10.1 Å². The van der Waals surface area contributed by atoms with Crippen molar-refractivity contribution in [3.8, 4) is 6.07 Å². The minimum atomic E-state index is -0.707. The molecule has 0 saturated heterocycles. The molecule has 1 aliphatic rings. The molecule has 96 valence electrons. The van der Waals surface area contributed by atoms with E-state index in [0.717, 1.165) is 31.2 Å². The Balaban J connectivity index is 2.22. The third-order valence-electron chi connectivity index (χ3n) is 4.26. The fraction of sp³-hybridized carbons (Fsp3) is 0.600. The molecular formula is C15H20N2O. The molecule has 3 nitrogen and oxygen atoms in total. The highest BCUT2D eigenvalue weighted by Gasteiger charge is 2.44. The van der Waals surface area contributed by atoms with Gasteiger partial charge in [-0.15, -0.1) is 0 Å². The van der Waals surface area contributed by atoms with Crippen LogP contribution in [0.1, 0.15) is 51.2 Å². The molecule has 1 heterocycles. The zero-order valence-electron chi connectivity index (χ0n) is 11.1. The first-order valence-corrected chi connectivity index (χ1v) is 6.48. The van der Waals surface area contributed by atoms with Crippen LogP contribution in [0, 0.1) is 22.2 Å². The maximum Gasteiger partial charge on any atom is 0.0977 e. The summed E-state index contributed by atoms with van der Waals surface area (Å²) in [5.41, 5.74) is 0.459. The van der Waals surface area contributed by atoms with Crippen LogP contribution in [0.5, 0.6) is 0 Å². The Morgan fingerprint density at radius 2 is 1.78 bits per heavy atom. The molecule has 1 saturated carbocycles. The lowest BCUT2D eigenvalue weighted by molar-refractivity contribution is 0.00951. The third-order valence-corrected chi connectivity index (χ3v) is 4.26. The van der Waals surface area contributed by atoms with Gasteiger partial charge in [-0.1, -0.05) is 13.8 Å². The average Bonchev–Trinajstić information content (AvgIpc) is 2.40. The Morgan fingerprint density at radius 1 is 1.22 bits per heavy atom.